The Morgan fingerprint density at radius 3 is 2.20 bits per heavy atom. The van der Waals surface area contributed by atoms with Crippen molar-refractivity contribution >= 4 is 0 Å². The average molecular weight is 135 g/mol. The second-order valence-corrected chi connectivity index (χ2v) is 2.53. The van der Waals surface area contributed by atoms with Gasteiger partial charge in [-0.3, -0.25) is 0 Å². The lowest BCUT2D eigenvalue weighted by Gasteiger charge is -2.17. The van der Waals surface area contributed by atoms with E-state index in [1.54, 1.807) is 0 Å². The van der Waals surface area contributed by atoms with E-state index in [4.69, 9.17) is 0 Å². The van der Waals surface area contributed by atoms with Gasteiger partial charge in [-0.2, -0.15) is 0 Å². The summed E-state index contributed by atoms with van der Waals surface area (Å²) in [6.45, 7) is 12.4. The lowest BCUT2D eigenvalue weighted by Crippen LogP contribution is -2.14. The van der Waals surface area contributed by atoms with Gasteiger partial charge in [-0.1, -0.05) is 19.2 Å². The van der Waals surface area contributed by atoms with Crippen LogP contribution >= 0.6 is 0 Å². The monoisotopic (exact) mass is 135 g/mol. The predicted octanol–water partition coefficient (Wildman–Crippen LogP) is 2.30. The third-order valence-corrected chi connectivity index (χ3v) is 1.78. The first-order valence-corrected chi connectivity index (χ1v) is 3.49. The maximum absolute atomic E-state index is 3.92. The van der Waals surface area contributed by atoms with E-state index in [0.29, 0.717) is 0 Å². The van der Waals surface area contributed by atoms with Crippen LogP contribution in [0.2, 0.25) is 0 Å². The fourth-order valence-corrected chi connectivity index (χ4v) is 1.17. The van der Waals surface area contributed by atoms with E-state index in [1.807, 2.05) is 6.08 Å². The van der Waals surface area contributed by atoms with Crippen molar-refractivity contribution in [2.24, 2.45) is 0 Å². The molecule has 54 valence electrons. The van der Waals surface area contributed by atoms with Gasteiger partial charge in [0, 0.05) is 17.9 Å². The summed E-state index contributed by atoms with van der Waals surface area (Å²) in [5.74, 6) is 0. The van der Waals surface area contributed by atoms with Gasteiger partial charge in [0.15, 0.2) is 0 Å². The lowest BCUT2D eigenvalue weighted by atomic mass is 10.3. The zero-order valence-electron chi connectivity index (χ0n) is 6.27. The van der Waals surface area contributed by atoms with Crippen molar-refractivity contribution in [3.05, 3.63) is 37.2 Å². The van der Waals surface area contributed by atoms with Crippen molar-refractivity contribution in [1.82, 2.24) is 4.90 Å². The Morgan fingerprint density at radius 2 is 1.80 bits per heavy atom. The Labute approximate surface area is 62.3 Å². The Hall–Kier alpha value is -0.980. The predicted molar refractivity (Wildman–Crippen MR) is 44.4 cm³/mol. The molecule has 1 aliphatic rings. The Morgan fingerprint density at radius 1 is 1.30 bits per heavy atom. The summed E-state index contributed by atoms with van der Waals surface area (Å²) in [7, 11) is 0. The van der Waals surface area contributed by atoms with Crippen LogP contribution in [0.25, 0.3) is 0 Å². The van der Waals surface area contributed by atoms with E-state index in [2.05, 4.69) is 24.6 Å². The first kappa shape index (κ1) is 7.13. The number of hydrogen-bond acceptors (Lipinski definition) is 1. The molecule has 0 aromatic rings. The molecule has 0 radical (unpaired) electrons. The van der Waals surface area contributed by atoms with Crippen LogP contribution in [-0.2, 0) is 0 Å². The zero-order chi connectivity index (χ0) is 7.56. The van der Waals surface area contributed by atoms with Crippen LogP contribution < -0.4 is 0 Å². The molecule has 0 unspecified atom stereocenters. The molecule has 1 fully saturated rings. The molecule has 0 spiro atoms. The van der Waals surface area contributed by atoms with Gasteiger partial charge in [0.25, 0.3) is 0 Å². The zero-order valence-corrected chi connectivity index (χ0v) is 6.27. The highest BCUT2D eigenvalue weighted by Crippen LogP contribution is 2.26. The molecule has 1 rings (SSSR count). The topological polar surface area (TPSA) is 3.24 Å². The van der Waals surface area contributed by atoms with Crippen molar-refractivity contribution in [1.29, 1.82) is 0 Å². The van der Waals surface area contributed by atoms with Gasteiger partial charge in [-0.15, -0.1) is 6.58 Å². The molecule has 10 heavy (non-hydrogen) atoms. The van der Waals surface area contributed by atoms with Crippen LogP contribution in [0.5, 0.6) is 0 Å². The van der Waals surface area contributed by atoms with Gasteiger partial charge in [0.05, 0.1) is 0 Å². The number of hydrogen-bond donors (Lipinski definition) is 0. The third-order valence-electron chi connectivity index (χ3n) is 1.78. The molecule has 1 nitrogen and oxygen atoms in total. The molecular formula is C9H13N. The second kappa shape index (κ2) is 2.74. The Bertz CT molecular complexity index is 163. The molecule has 0 N–H and O–H groups in total. The third kappa shape index (κ3) is 1.13. The molecule has 0 saturated carbocycles. The second-order valence-electron chi connectivity index (χ2n) is 2.53. The maximum atomic E-state index is 3.92. The molecule has 1 heteroatoms. The van der Waals surface area contributed by atoms with E-state index in [-0.39, 0.29) is 0 Å². The minimum atomic E-state index is 0.859. The van der Waals surface area contributed by atoms with Gasteiger partial charge in [0.2, 0.25) is 0 Å². The first-order valence-electron chi connectivity index (χ1n) is 3.49. The summed E-state index contributed by atoms with van der Waals surface area (Å²) in [4.78, 5) is 2.12. The highest BCUT2D eigenvalue weighted by atomic mass is 15.2. The summed E-state index contributed by atoms with van der Waals surface area (Å²) in [5, 5.41) is 0. The number of rotatable bonds is 2. The number of likely N-dealkylation sites (tertiary alicyclic amines) is 1. The van der Waals surface area contributed by atoms with Crippen LogP contribution in [0, 0.1) is 0 Å². The molecule has 0 atom stereocenters. The van der Waals surface area contributed by atoms with Crippen LogP contribution in [0.15, 0.2) is 37.2 Å². The van der Waals surface area contributed by atoms with Gasteiger partial charge < -0.3 is 4.90 Å². The average Bonchev–Trinajstić information content (AvgIpc) is 2.20. The van der Waals surface area contributed by atoms with E-state index in [9.17, 15) is 0 Å². The molecule has 1 saturated heterocycles. The van der Waals surface area contributed by atoms with Crippen LogP contribution in [0.3, 0.4) is 0 Å². The van der Waals surface area contributed by atoms with Gasteiger partial charge >= 0.3 is 0 Å². The fraction of sp³-hybridized carbons (Fsp3) is 0.333. The SMILES string of the molecule is C=CCN1C(=C)CCC1=C. The van der Waals surface area contributed by atoms with Crippen LogP contribution in [-0.4, -0.2) is 11.4 Å². The molecule has 0 aromatic heterocycles. The quantitative estimate of drug-likeness (QED) is 0.525. The fourth-order valence-electron chi connectivity index (χ4n) is 1.17. The summed E-state index contributed by atoms with van der Waals surface area (Å²) in [6, 6.07) is 0. The normalized spacial score (nSPS) is 18.2. The number of nitrogens with zero attached hydrogens (tertiary/aromatic N) is 1. The summed E-state index contributed by atoms with van der Waals surface area (Å²) in [6.07, 6.45) is 4.00. The van der Waals surface area contributed by atoms with Crippen molar-refractivity contribution in [2.45, 2.75) is 12.8 Å². The minimum Gasteiger partial charge on any atom is -0.346 e. The minimum absolute atomic E-state index is 0.859. The van der Waals surface area contributed by atoms with E-state index in [1.165, 1.54) is 11.4 Å². The van der Waals surface area contributed by atoms with Crippen molar-refractivity contribution < 1.29 is 0 Å². The van der Waals surface area contributed by atoms with E-state index < -0.39 is 0 Å². The molecule has 0 aromatic carbocycles. The maximum Gasteiger partial charge on any atom is 0.0402 e. The molecule has 0 amide bonds. The smallest absolute Gasteiger partial charge is 0.0402 e. The van der Waals surface area contributed by atoms with Gasteiger partial charge in [-0.25, -0.2) is 0 Å². The van der Waals surface area contributed by atoms with Crippen LogP contribution in [0.1, 0.15) is 12.8 Å². The molecule has 0 bridgehead atoms. The standard InChI is InChI=1S/C9H13N/c1-4-7-10-8(2)5-6-9(10)3/h4H,1-3,5-7H2. The van der Waals surface area contributed by atoms with Gasteiger partial charge in [0.1, 0.15) is 0 Å². The molecular weight excluding hydrogens is 122 g/mol. The summed E-state index contributed by atoms with van der Waals surface area (Å²) >= 11 is 0. The summed E-state index contributed by atoms with van der Waals surface area (Å²) < 4.78 is 0. The van der Waals surface area contributed by atoms with Gasteiger partial charge in [-0.05, 0) is 12.8 Å². The summed E-state index contributed by atoms with van der Waals surface area (Å²) in [5.41, 5.74) is 2.34. The van der Waals surface area contributed by atoms with Crippen molar-refractivity contribution in [3.63, 3.8) is 0 Å². The molecule has 1 aliphatic heterocycles. The highest BCUT2D eigenvalue weighted by molar-refractivity contribution is 5.16. The van der Waals surface area contributed by atoms with E-state index in [0.717, 1.165) is 19.4 Å². The lowest BCUT2D eigenvalue weighted by molar-refractivity contribution is 0.511. The largest absolute Gasteiger partial charge is 0.346 e. The molecule has 0 aliphatic carbocycles. The highest BCUT2D eigenvalue weighted by Gasteiger charge is 2.16. The van der Waals surface area contributed by atoms with Crippen molar-refractivity contribution in [2.75, 3.05) is 6.54 Å². The molecule has 1 heterocycles. The van der Waals surface area contributed by atoms with Crippen LogP contribution in [0.4, 0.5) is 0 Å². The Balaban J connectivity index is 2.62. The number of allylic oxidation sites excluding steroid dienone is 2. The van der Waals surface area contributed by atoms with E-state index >= 15 is 0 Å². The first-order chi connectivity index (χ1) is 4.75. The van der Waals surface area contributed by atoms with Crippen molar-refractivity contribution in [3.8, 4) is 0 Å². The Kier molecular flexibility index (Phi) is 1.95.